The van der Waals surface area contributed by atoms with E-state index >= 15 is 0 Å². The minimum Gasteiger partial charge on any atom is -0.309 e. The third-order valence-electron chi connectivity index (χ3n) is 3.81. The molecule has 0 amide bonds. The minimum atomic E-state index is -0.523. The van der Waals surface area contributed by atoms with Crippen LogP contribution in [0.1, 0.15) is 48.1 Å². The minimum absolute atomic E-state index is 0.287. The fourth-order valence-corrected chi connectivity index (χ4v) is 2.48. The number of rotatable bonds is 4. The van der Waals surface area contributed by atoms with Gasteiger partial charge in [-0.25, -0.2) is 8.78 Å². The Balaban J connectivity index is 2.42. The lowest BCUT2D eigenvalue weighted by Crippen LogP contribution is -2.19. The summed E-state index contributed by atoms with van der Waals surface area (Å²) in [6, 6.07) is 10.3. The number of hydrogen-bond donors (Lipinski definition) is 1. The van der Waals surface area contributed by atoms with Gasteiger partial charge in [-0.1, -0.05) is 38.1 Å². The molecular formula is C18H21F2N. The molecule has 1 N–H and O–H groups in total. The van der Waals surface area contributed by atoms with Crippen molar-refractivity contribution in [3.8, 4) is 0 Å². The molecule has 0 fully saturated rings. The molecule has 2 aromatic carbocycles. The van der Waals surface area contributed by atoms with E-state index in [9.17, 15) is 8.78 Å². The van der Waals surface area contributed by atoms with Gasteiger partial charge in [0.2, 0.25) is 0 Å². The Hall–Kier alpha value is -1.74. The van der Waals surface area contributed by atoms with Gasteiger partial charge in [0.05, 0.1) is 6.04 Å². The molecule has 0 heterocycles. The summed E-state index contributed by atoms with van der Waals surface area (Å²) in [7, 11) is 1.78. The van der Waals surface area contributed by atoms with Gasteiger partial charge >= 0.3 is 0 Å². The second-order valence-corrected chi connectivity index (χ2v) is 5.67. The first-order valence-corrected chi connectivity index (χ1v) is 7.16. The van der Waals surface area contributed by atoms with E-state index in [1.165, 1.54) is 5.56 Å². The normalized spacial score (nSPS) is 12.7. The SMILES string of the molecule is CNC(c1ccc(C(C)C)cc1)c1cc(C)c(F)cc1F. The maximum absolute atomic E-state index is 14.1. The average Bonchev–Trinajstić information content (AvgIpc) is 2.45. The van der Waals surface area contributed by atoms with Crippen molar-refractivity contribution in [2.75, 3.05) is 7.05 Å². The van der Waals surface area contributed by atoms with Gasteiger partial charge in [0.25, 0.3) is 0 Å². The number of hydrogen-bond acceptors (Lipinski definition) is 1. The van der Waals surface area contributed by atoms with Crippen molar-refractivity contribution in [2.45, 2.75) is 32.7 Å². The lowest BCUT2D eigenvalue weighted by atomic mass is 9.94. The summed E-state index contributed by atoms with van der Waals surface area (Å²) in [5, 5.41) is 3.11. The lowest BCUT2D eigenvalue weighted by molar-refractivity contribution is 0.547. The van der Waals surface area contributed by atoms with E-state index in [0.29, 0.717) is 17.0 Å². The van der Waals surface area contributed by atoms with Crippen molar-refractivity contribution in [2.24, 2.45) is 0 Å². The standard InChI is InChI=1S/C18H21F2N/c1-11(2)13-5-7-14(8-6-13)18(21-4)15-9-12(3)16(19)10-17(15)20/h5-11,18,21H,1-4H3. The number of halogens is 2. The van der Waals surface area contributed by atoms with Crippen LogP contribution < -0.4 is 5.32 Å². The zero-order valence-electron chi connectivity index (χ0n) is 12.9. The van der Waals surface area contributed by atoms with Crippen molar-refractivity contribution in [3.63, 3.8) is 0 Å². The van der Waals surface area contributed by atoms with Crippen LogP contribution >= 0.6 is 0 Å². The van der Waals surface area contributed by atoms with Crippen molar-refractivity contribution >= 4 is 0 Å². The molecule has 0 aliphatic rings. The Morgan fingerprint density at radius 1 is 0.905 bits per heavy atom. The summed E-state index contributed by atoms with van der Waals surface area (Å²) in [5.74, 6) is -0.580. The first-order chi connectivity index (χ1) is 9.93. The van der Waals surface area contributed by atoms with Gasteiger partial charge in [-0.15, -0.1) is 0 Å². The molecule has 0 saturated heterocycles. The van der Waals surface area contributed by atoms with E-state index < -0.39 is 11.6 Å². The van der Waals surface area contributed by atoms with E-state index in [1.807, 2.05) is 12.1 Å². The molecule has 1 unspecified atom stereocenters. The first-order valence-electron chi connectivity index (χ1n) is 7.16. The zero-order valence-corrected chi connectivity index (χ0v) is 12.9. The molecule has 0 aliphatic carbocycles. The van der Waals surface area contributed by atoms with Crippen LogP contribution in [-0.2, 0) is 0 Å². The third-order valence-corrected chi connectivity index (χ3v) is 3.81. The maximum atomic E-state index is 14.1. The third kappa shape index (κ3) is 3.30. The topological polar surface area (TPSA) is 12.0 Å². The number of aryl methyl sites for hydroxylation is 1. The quantitative estimate of drug-likeness (QED) is 0.860. The molecular weight excluding hydrogens is 268 g/mol. The van der Waals surface area contributed by atoms with Gasteiger partial charge in [-0.3, -0.25) is 0 Å². The predicted octanol–water partition coefficient (Wildman–Crippen LogP) is 4.71. The van der Waals surface area contributed by atoms with Gasteiger partial charge in [0.15, 0.2) is 0 Å². The van der Waals surface area contributed by atoms with Gasteiger partial charge in [0, 0.05) is 11.6 Å². The van der Waals surface area contributed by atoms with Crippen molar-refractivity contribution in [1.29, 1.82) is 0 Å². The van der Waals surface area contributed by atoms with Gasteiger partial charge < -0.3 is 5.32 Å². The fourth-order valence-electron chi connectivity index (χ4n) is 2.48. The fraction of sp³-hybridized carbons (Fsp3) is 0.333. The highest BCUT2D eigenvalue weighted by Gasteiger charge is 2.18. The van der Waals surface area contributed by atoms with Crippen LogP contribution in [0, 0.1) is 18.6 Å². The zero-order chi connectivity index (χ0) is 15.6. The maximum Gasteiger partial charge on any atom is 0.131 e. The van der Waals surface area contributed by atoms with E-state index in [0.717, 1.165) is 11.6 Å². The van der Waals surface area contributed by atoms with Crippen LogP contribution in [0.3, 0.4) is 0 Å². The van der Waals surface area contributed by atoms with E-state index in [2.05, 4.69) is 31.3 Å². The van der Waals surface area contributed by atoms with Crippen molar-refractivity contribution in [1.82, 2.24) is 5.32 Å². The average molecular weight is 289 g/mol. The van der Waals surface area contributed by atoms with E-state index in [-0.39, 0.29) is 6.04 Å². The molecule has 112 valence electrons. The first kappa shape index (κ1) is 15.6. The summed E-state index contributed by atoms with van der Waals surface area (Å²) in [6.07, 6.45) is 0. The molecule has 0 saturated carbocycles. The van der Waals surface area contributed by atoms with Crippen molar-refractivity contribution in [3.05, 3.63) is 70.3 Å². The molecule has 0 spiro atoms. The molecule has 2 rings (SSSR count). The number of nitrogens with one attached hydrogen (secondary N) is 1. The molecule has 1 atom stereocenters. The summed E-state index contributed by atoms with van der Waals surface area (Å²) >= 11 is 0. The Morgan fingerprint density at radius 3 is 2.00 bits per heavy atom. The van der Waals surface area contributed by atoms with Gasteiger partial charge in [0.1, 0.15) is 11.6 Å². The van der Waals surface area contributed by atoms with Gasteiger partial charge in [-0.05, 0) is 42.6 Å². The summed E-state index contributed by atoms with van der Waals surface area (Å²) in [4.78, 5) is 0. The second kappa shape index (κ2) is 6.35. The Kier molecular flexibility index (Phi) is 4.73. The van der Waals surface area contributed by atoms with E-state index in [1.54, 1.807) is 20.0 Å². The Morgan fingerprint density at radius 2 is 1.48 bits per heavy atom. The molecule has 0 aromatic heterocycles. The predicted molar refractivity (Wildman–Crippen MR) is 82.5 cm³/mol. The molecule has 1 nitrogen and oxygen atoms in total. The molecule has 0 bridgehead atoms. The number of benzene rings is 2. The molecule has 0 radical (unpaired) electrons. The second-order valence-electron chi connectivity index (χ2n) is 5.67. The monoisotopic (exact) mass is 289 g/mol. The Labute approximate surface area is 125 Å². The van der Waals surface area contributed by atoms with Gasteiger partial charge in [-0.2, -0.15) is 0 Å². The van der Waals surface area contributed by atoms with Crippen LogP contribution in [0.25, 0.3) is 0 Å². The smallest absolute Gasteiger partial charge is 0.131 e. The highest BCUT2D eigenvalue weighted by atomic mass is 19.1. The summed E-state index contributed by atoms with van der Waals surface area (Å²) in [5.41, 5.74) is 3.12. The Bertz CT molecular complexity index is 618. The summed E-state index contributed by atoms with van der Waals surface area (Å²) < 4.78 is 27.5. The van der Waals surface area contributed by atoms with E-state index in [4.69, 9.17) is 0 Å². The molecule has 3 heteroatoms. The van der Waals surface area contributed by atoms with Crippen LogP contribution in [0.15, 0.2) is 36.4 Å². The molecule has 21 heavy (non-hydrogen) atoms. The highest BCUT2D eigenvalue weighted by molar-refractivity contribution is 5.37. The van der Waals surface area contributed by atoms with Crippen molar-refractivity contribution < 1.29 is 8.78 Å². The van der Waals surface area contributed by atoms with Crippen LogP contribution in [0.5, 0.6) is 0 Å². The molecule has 2 aromatic rings. The van der Waals surface area contributed by atoms with Crippen LogP contribution in [0.2, 0.25) is 0 Å². The van der Waals surface area contributed by atoms with Crippen LogP contribution in [0.4, 0.5) is 8.78 Å². The van der Waals surface area contributed by atoms with Crippen LogP contribution in [-0.4, -0.2) is 7.05 Å². The highest BCUT2D eigenvalue weighted by Crippen LogP contribution is 2.27. The molecule has 0 aliphatic heterocycles. The summed E-state index contributed by atoms with van der Waals surface area (Å²) in [6.45, 7) is 5.91. The largest absolute Gasteiger partial charge is 0.309 e. The lowest BCUT2D eigenvalue weighted by Gasteiger charge is -2.19.